The number of aliphatic carboxylic acids is 1. The first-order valence-corrected chi connectivity index (χ1v) is 7.76. The minimum atomic E-state index is -0.656. The average Bonchev–Trinajstić information content (AvgIpc) is 2.83. The molecule has 1 fully saturated rings. The minimum Gasteiger partial charge on any atom is -0.481 e. The van der Waals surface area contributed by atoms with E-state index in [0.717, 1.165) is 36.5 Å². The molecule has 1 aliphatic rings. The number of carboxylic acid groups (broad SMARTS) is 1. The largest absolute Gasteiger partial charge is 0.481 e. The van der Waals surface area contributed by atoms with Crippen LogP contribution in [0.5, 0.6) is 0 Å². The number of fused-ring (bicyclic) bond motifs is 1. The third kappa shape index (κ3) is 2.69. The third-order valence-corrected chi connectivity index (χ3v) is 5.06. The summed E-state index contributed by atoms with van der Waals surface area (Å²) in [5.74, 6) is -0.840. The first kappa shape index (κ1) is 13.5. The van der Waals surface area contributed by atoms with Gasteiger partial charge in [-0.3, -0.25) is 9.69 Å². The van der Waals surface area contributed by atoms with Crippen LogP contribution < -0.4 is 0 Å². The Labute approximate surface area is 122 Å². The van der Waals surface area contributed by atoms with E-state index >= 15 is 0 Å². The van der Waals surface area contributed by atoms with Crippen LogP contribution in [0.25, 0.3) is 10.2 Å². The molecule has 1 aromatic carbocycles. The van der Waals surface area contributed by atoms with E-state index in [9.17, 15) is 4.79 Å². The molecule has 3 rings (SSSR count). The average molecular weight is 290 g/mol. The van der Waals surface area contributed by atoms with E-state index in [0.29, 0.717) is 6.04 Å². The number of hydrogen-bond acceptors (Lipinski definition) is 4. The summed E-state index contributed by atoms with van der Waals surface area (Å²) in [7, 11) is 0. The van der Waals surface area contributed by atoms with Crippen molar-refractivity contribution in [1.82, 2.24) is 9.88 Å². The minimum absolute atomic E-state index is 0.184. The second-order valence-corrected chi connectivity index (χ2v) is 6.57. The summed E-state index contributed by atoms with van der Waals surface area (Å²) in [6.45, 7) is 3.78. The molecule has 0 saturated carbocycles. The van der Waals surface area contributed by atoms with Crippen molar-refractivity contribution >= 4 is 27.5 Å². The fourth-order valence-electron chi connectivity index (χ4n) is 2.84. The Morgan fingerprint density at radius 3 is 3.00 bits per heavy atom. The predicted molar refractivity (Wildman–Crippen MR) is 79.9 cm³/mol. The Morgan fingerprint density at radius 2 is 2.30 bits per heavy atom. The molecule has 0 bridgehead atoms. The molecule has 2 unspecified atom stereocenters. The lowest BCUT2D eigenvalue weighted by atomic mass is 9.92. The van der Waals surface area contributed by atoms with Crippen molar-refractivity contribution in [3.63, 3.8) is 0 Å². The summed E-state index contributed by atoms with van der Waals surface area (Å²) >= 11 is 1.73. The molecule has 1 aromatic heterocycles. The summed E-state index contributed by atoms with van der Waals surface area (Å²) < 4.78 is 1.22. The summed E-state index contributed by atoms with van der Waals surface area (Å²) in [5.41, 5.74) is 1.06. The van der Waals surface area contributed by atoms with Gasteiger partial charge in [0, 0.05) is 6.04 Å². The van der Waals surface area contributed by atoms with Crippen LogP contribution in [0.1, 0.15) is 24.8 Å². The van der Waals surface area contributed by atoms with Gasteiger partial charge in [0.2, 0.25) is 0 Å². The maximum Gasteiger partial charge on any atom is 0.306 e. The highest BCUT2D eigenvalue weighted by atomic mass is 32.1. The Bertz CT molecular complexity index is 592. The molecule has 1 saturated heterocycles. The Balaban J connectivity index is 1.70. The van der Waals surface area contributed by atoms with Crippen LogP contribution in [0.2, 0.25) is 0 Å². The number of hydrogen-bond donors (Lipinski definition) is 1. The number of benzene rings is 1. The van der Waals surface area contributed by atoms with Crippen molar-refractivity contribution in [3.8, 4) is 0 Å². The zero-order chi connectivity index (χ0) is 14.1. The van der Waals surface area contributed by atoms with Crippen LogP contribution in [0.4, 0.5) is 0 Å². The molecule has 106 valence electrons. The highest BCUT2D eigenvalue weighted by molar-refractivity contribution is 7.18. The molecule has 0 radical (unpaired) electrons. The highest BCUT2D eigenvalue weighted by Gasteiger charge is 2.29. The monoisotopic (exact) mass is 290 g/mol. The van der Waals surface area contributed by atoms with Crippen molar-refractivity contribution < 1.29 is 9.90 Å². The molecule has 4 nitrogen and oxygen atoms in total. The van der Waals surface area contributed by atoms with Crippen molar-refractivity contribution in [2.75, 3.05) is 6.54 Å². The lowest BCUT2D eigenvalue weighted by Gasteiger charge is -2.35. The maximum absolute atomic E-state index is 11.1. The van der Waals surface area contributed by atoms with Gasteiger partial charge in [-0.25, -0.2) is 4.98 Å². The number of rotatable bonds is 3. The molecule has 1 aliphatic heterocycles. The summed E-state index contributed by atoms with van der Waals surface area (Å²) in [4.78, 5) is 18.1. The molecular formula is C15H18N2O2S. The van der Waals surface area contributed by atoms with Crippen molar-refractivity contribution in [1.29, 1.82) is 0 Å². The molecule has 0 aliphatic carbocycles. The smallest absolute Gasteiger partial charge is 0.306 e. The quantitative estimate of drug-likeness (QED) is 0.944. The Hall–Kier alpha value is -1.46. The van der Waals surface area contributed by atoms with Gasteiger partial charge in [-0.2, -0.15) is 0 Å². The van der Waals surface area contributed by atoms with Crippen LogP contribution in [0, 0.1) is 5.92 Å². The van der Waals surface area contributed by atoms with Crippen molar-refractivity contribution in [2.24, 2.45) is 5.92 Å². The number of likely N-dealkylation sites (tertiary alicyclic amines) is 1. The van der Waals surface area contributed by atoms with Gasteiger partial charge in [0.05, 0.1) is 22.7 Å². The van der Waals surface area contributed by atoms with Gasteiger partial charge >= 0.3 is 5.97 Å². The molecule has 2 aromatic rings. The molecular weight excluding hydrogens is 272 g/mol. The Morgan fingerprint density at radius 1 is 1.50 bits per heavy atom. The van der Waals surface area contributed by atoms with Crippen molar-refractivity contribution in [3.05, 3.63) is 29.3 Å². The van der Waals surface area contributed by atoms with Gasteiger partial charge < -0.3 is 5.11 Å². The van der Waals surface area contributed by atoms with Gasteiger partial charge in [-0.1, -0.05) is 12.1 Å². The maximum atomic E-state index is 11.1. The molecule has 5 heteroatoms. The lowest BCUT2D eigenvalue weighted by Crippen LogP contribution is -2.42. The molecule has 2 heterocycles. The molecule has 0 spiro atoms. The third-order valence-electron chi connectivity index (χ3n) is 4.04. The number of piperidine rings is 1. The van der Waals surface area contributed by atoms with Crippen LogP contribution in [0.3, 0.4) is 0 Å². The van der Waals surface area contributed by atoms with E-state index in [4.69, 9.17) is 5.11 Å². The van der Waals surface area contributed by atoms with Gasteiger partial charge in [-0.15, -0.1) is 11.3 Å². The topological polar surface area (TPSA) is 53.4 Å². The summed E-state index contributed by atoms with van der Waals surface area (Å²) in [6, 6.07) is 8.47. The molecule has 2 atom stereocenters. The van der Waals surface area contributed by atoms with Crippen LogP contribution in [-0.4, -0.2) is 33.5 Å². The van der Waals surface area contributed by atoms with E-state index in [1.54, 1.807) is 11.3 Å². The standard InChI is InChI=1S/C15H18N2O2S/c1-10-8-11(15(18)19)6-7-17(10)9-14-16-12-4-2-3-5-13(12)20-14/h2-5,10-11H,6-9H2,1H3,(H,18,19). The first-order valence-electron chi connectivity index (χ1n) is 6.95. The number of thiazole rings is 1. The lowest BCUT2D eigenvalue weighted by molar-refractivity contribution is -0.144. The first-order chi connectivity index (χ1) is 9.63. The van der Waals surface area contributed by atoms with Gasteiger partial charge in [0.25, 0.3) is 0 Å². The number of aromatic nitrogens is 1. The number of nitrogens with zero attached hydrogens (tertiary/aromatic N) is 2. The Kier molecular flexibility index (Phi) is 3.72. The number of carbonyl (C=O) groups is 1. The zero-order valence-electron chi connectivity index (χ0n) is 11.5. The number of para-hydroxylation sites is 1. The van der Waals surface area contributed by atoms with Gasteiger partial charge in [0.15, 0.2) is 0 Å². The zero-order valence-corrected chi connectivity index (χ0v) is 12.3. The van der Waals surface area contributed by atoms with E-state index in [1.165, 1.54) is 4.70 Å². The molecule has 1 N–H and O–H groups in total. The SMILES string of the molecule is CC1CC(C(=O)O)CCN1Cc1nc2ccccc2s1. The molecule has 0 amide bonds. The highest BCUT2D eigenvalue weighted by Crippen LogP contribution is 2.27. The van der Waals surface area contributed by atoms with Crippen LogP contribution in [0.15, 0.2) is 24.3 Å². The van der Waals surface area contributed by atoms with Crippen molar-refractivity contribution in [2.45, 2.75) is 32.4 Å². The fourth-order valence-corrected chi connectivity index (χ4v) is 3.83. The molecule has 20 heavy (non-hydrogen) atoms. The van der Waals surface area contributed by atoms with E-state index < -0.39 is 5.97 Å². The second kappa shape index (κ2) is 5.50. The number of carboxylic acids is 1. The normalized spacial score (nSPS) is 24.1. The van der Waals surface area contributed by atoms with Crippen LogP contribution in [-0.2, 0) is 11.3 Å². The second-order valence-electron chi connectivity index (χ2n) is 5.45. The van der Waals surface area contributed by atoms with Gasteiger partial charge in [-0.05, 0) is 38.4 Å². The van der Waals surface area contributed by atoms with E-state index in [-0.39, 0.29) is 5.92 Å². The van der Waals surface area contributed by atoms with E-state index in [1.807, 2.05) is 18.2 Å². The van der Waals surface area contributed by atoms with Crippen LogP contribution >= 0.6 is 11.3 Å². The van der Waals surface area contributed by atoms with Gasteiger partial charge in [0.1, 0.15) is 5.01 Å². The predicted octanol–water partition coefficient (Wildman–Crippen LogP) is 2.98. The summed E-state index contributed by atoms with van der Waals surface area (Å²) in [6.07, 6.45) is 1.48. The summed E-state index contributed by atoms with van der Waals surface area (Å²) in [5, 5.41) is 10.2. The fraction of sp³-hybridized carbons (Fsp3) is 0.467. The van der Waals surface area contributed by atoms with E-state index in [2.05, 4.69) is 22.9 Å².